The molecule has 33 heavy (non-hydrogen) atoms. The lowest BCUT2D eigenvalue weighted by atomic mass is 9.89. The van der Waals surface area contributed by atoms with Gasteiger partial charge in [-0.2, -0.15) is 0 Å². The summed E-state index contributed by atoms with van der Waals surface area (Å²) in [6.45, 7) is 6.46. The molecule has 0 spiro atoms. The van der Waals surface area contributed by atoms with Gasteiger partial charge in [0, 0.05) is 39.3 Å². The van der Waals surface area contributed by atoms with Crippen molar-refractivity contribution in [2.45, 2.75) is 58.0 Å². The standard InChI is InChI=1S/C25H34N6O2/c1-18-7-9-19(10-8-18)15-22(32)30-12-11-29-13-14-31-23(21(29)17-30)27-28-24(31)25(33)26-16-20-5-3-2-4-6-20/h7-10,20-21H,2-6,11-17H2,1H3,(H,26,33). The van der Waals surface area contributed by atoms with Crippen molar-refractivity contribution in [3.8, 4) is 0 Å². The third-order valence-corrected chi connectivity index (χ3v) is 7.49. The van der Waals surface area contributed by atoms with Crippen molar-refractivity contribution in [2.75, 3.05) is 32.7 Å². The monoisotopic (exact) mass is 450 g/mol. The number of benzene rings is 1. The average Bonchev–Trinajstić information content (AvgIpc) is 3.29. The Labute approximate surface area is 195 Å². The second-order valence-electron chi connectivity index (χ2n) is 9.80. The first-order valence-corrected chi connectivity index (χ1v) is 12.4. The fraction of sp³-hybridized carbons (Fsp3) is 0.600. The molecular weight excluding hydrogens is 416 g/mol. The topological polar surface area (TPSA) is 83.4 Å². The van der Waals surface area contributed by atoms with Crippen LogP contribution in [0.15, 0.2) is 24.3 Å². The lowest BCUT2D eigenvalue weighted by Crippen LogP contribution is -2.54. The largest absolute Gasteiger partial charge is 0.349 e. The quantitative estimate of drug-likeness (QED) is 0.756. The molecule has 8 nitrogen and oxygen atoms in total. The van der Waals surface area contributed by atoms with E-state index < -0.39 is 0 Å². The molecule has 1 saturated carbocycles. The van der Waals surface area contributed by atoms with Crippen molar-refractivity contribution in [3.05, 3.63) is 47.0 Å². The van der Waals surface area contributed by atoms with E-state index in [0.29, 0.717) is 31.3 Å². The van der Waals surface area contributed by atoms with Gasteiger partial charge in [-0.1, -0.05) is 49.1 Å². The highest BCUT2D eigenvalue weighted by molar-refractivity contribution is 5.90. The molecule has 0 bridgehead atoms. The van der Waals surface area contributed by atoms with Gasteiger partial charge in [-0.25, -0.2) is 0 Å². The Morgan fingerprint density at radius 2 is 1.76 bits per heavy atom. The predicted molar refractivity (Wildman–Crippen MR) is 125 cm³/mol. The summed E-state index contributed by atoms with van der Waals surface area (Å²) in [6, 6.07) is 8.13. The summed E-state index contributed by atoms with van der Waals surface area (Å²) in [5.74, 6) is 1.80. The van der Waals surface area contributed by atoms with Crippen LogP contribution in [0, 0.1) is 12.8 Å². The first-order valence-electron chi connectivity index (χ1n) is 12.4. The van der Waals surface area contributed by atoms with E-state index in [1.807, 2.05) is 33.7 Å². The molecule has 2 amide bonds. The van der Waals surface area contributed by atoms with E-state index in [0.717, 1.165) is 37.6 Å². The van der Waals surface area contributed by atoms with E-state index in [1.54, 1.807) is 0 Å². The number of rotatable bonds is 5. The number of carbonyl (C=O) groups excluding carboxylic acids is 2. The number of hydrogen-bond acceptors (Lipinski definition) is 5. The van der Waals surface area contributed by atoms with Gasteiger partial charge in [0.25, 0.3) is 5.91 Å². The van der Waals surface area contributed by atoms with E-state index >= 15 is 0 Å². The zero-order valence-corrected chi connectivity index (χ0v) is 19.5. The van der Waals surface area contributed by atoms with Crippen LogP contribution in [0.2, 0.25) is 0 Å². The summed E-state index contributed by atoms with van der Waals surface area (Å²) in [5.41, 5.74) is 2.23. The Morgan fingerprint density at radius 1 is 1.00 bits per heavy atom. The number of aromatic nitrogens is 3. The number of hydrogen-bond donors (Lipinski definition) is 1. The van der Waals surface area contributed by atoms with Crippen molar-refractivity contribution in [3.63, 3.8) is 0 Å². The molecule has 176 valence electrons. The molecule has 2 aromatic rings. The maximum absolute atomic E-state index is 13.0. The number of carbonyl (C=O) groups is 2. The molecule has 5 rings (SSSR count). The predicted octanol–water partition coefficient (Wildman–Crippen LogP) is 2.34. The number of piperazine rings is 1. The Bertz CT molecular complexity index is 995. The first kappa shape index (κ1) is 22.1. The summed E-state index contributed by atoms with van der Waals surface area (Å²) in [6.07, 6.45) is 6.64. The van der Waals surface area contributed by atoms with E-state index in [2.05, 4.69) is 27.3 Å². The summed E-state index contributed by atoms with van der Waals surface area (Å²) in [4.78, 5) is 30.2. The molecule has 1 unspecified atom stereocenters. The number of nitrogens with one attached hydrogen (secondary N) is 1. The molecular formula is C25H34N6O2. The molecule has 8 heteroatoms. The lowest BCUT2D eigenvalue weighted by molar-refractivity contribution is -0.134. The van der Waals surface area contributed by atoms with Gasteiger partial charge in [-0.05, 0) is 31.2 Å². The van der Waals surface area contributed by atoms with Gasteiger partial charge in [0.2, 0.25) is 11.7 Å². The third kappa shape index (κ3) is 4.81. The van der Waals surface area contributed by atoms with Crippen LogP contribution in [0.4, 0.5) is 0 Å². The van der Waals surface area contributed by atoms with Gasteiger partial charge in [-0.3, -0.25) is 14.5 Å². The van der Waals surface area contributed by atoms with Crippen LogP contribution in [0.3, 0.4) is 0 Å². The van der Waals surface area contributed by atoms with Gasteiger partial charge in [-0.15, -0.1) is 10.2 Å². The van der Waals surface area contributed by atoms with Crippen LogP contribution in [0.5, 0.6) is 0 Å². The number of amides is 2. The fourth-order valence-corrected chi connectivity index (χ4v) is 5.44. The second kappa shape index (κ2) is 9.63. The van der Waals surface area contributed by atoms with Crippen LogP contribution in [-0.4, -0.2) is 69.1 Å². The minimum Gasteiger partial charge on any atom is -0.349 e. The van der Waals surface area contributed by atoms with Crippen LogP contribution >= 0.6 is 0 Å². The summed E-state index contributed by atoms with van der Waals surface area (Å²) in [5, 5.41) is 11.8. The Morgan fingerprint density at radius 3 is 2.55 bits per heavy atom. The van der Waals surface area contributed by atoms with Gasteiger partial charge < -0.3 is 14.8 Å². The van der Waals surface area contributed by atoms with E-state index in [1.165, 1.54) is 37.7 Å². The van der Waals surface area contributed by atoms with Crippen LogP contribution in [0.1, 0.15) is 65.7 Å². The summed E-state index contributed by atoms with van der Waals surface area (Å²) < 4.78 is 1.96. The number of nitrogens with zero attached hydrogens (tertiary/aromatic N) is 5. The SMILES string of the molecule is Cc1ccc(CC(=O)N2CCN3CCn4c(C(=O)NCC5CCCCC5)nnc4C3C2)cc1. The fourth-order valence-electron chi connectivity index (χ4n) is 5.44. The maximum atomic E-state index is 13.0. The van der Waals surface area contributed by atoms with Crippen molar-refractivity contribution in [1.29, 1.82) is 0 Å². The Kier molecular flexibility index (Phi) is 6.44. The molecule has 1 atom stereocenters. The zero-order chi connectivity index (χ0) is 22.8. The summed E-state index contributed by atoms with van der Waals surface area (Å²) in [7, 11) is 0. The van der Waals surface area contributed by atoms with E-state index in [4.69, 9.17) is 0 Å². The zero-order valence-electron chi connectivity index (χ0n) is 19.5. The highest BCUT2D eigenvalue weighted by atomic mass is 16.2. The maximum Gasteiger partial charge on any atom is 0.289 e. The molecule has 1 aromatic carbocycles. The number of aryl methyl sites for hydroxylation is 1. The molecule has 1 aliphatic carbocycles. The normalized spacial score (nSPS) is 21.4. The minimum atomic E-state index is -0.129. The minimum absolute atomic E-state index is 0.0122. The van der Waals surface area contributed by atoms with Crippen molar-refractivity contribution < 1.29 is 9.59 Å². The molecule has 0 radical (unpaired) electrons. The molecule has 2 aliphatic heterocycles. The van der Waals surface area contributed by atoms with Gasteiger partial charge in [0.15, 0.2) is 5.82 Å². The Hall–Kier alpha value is -2.74. The van der Waals surface area contributed by atoms with Crippen molar-refractivity contribution >= 4 is 11.8 Å². The molecule has 1 N–H and O–H groups in total. The smallest absolute Gasteiger partial charge is 0.289 e. The van der Waals surface area contributed by atoms with E-state index in [-0.39, 0.29) is 17.9 Å². The molecule has 3 heterocycles. The summed E-state index contributed by atoms with van der Waals surface area (Å²) >= 11 is 0. The van der Waals surface area contributed by atoms with Gasteiger partial charge >= 0.3 is 0 Å². The average molecular weight is 451 g/mol. The first-order chi connectivity index (χ1) is 16.1. The molecule has 1 saturated heterocycles. The van der Waals surface area contributed by atoms with Crippen LogP contribution in [-0.2, 0) is 17.8 Å². The van der Waals surface area contributed by atoms with Crippen molar-refractivity contribution in [2.24, 2.45) is 5.92 Å². The highest BCUT2D eigenvalue weighted by Crippen LogP contribution is 2.29. The van der Waals surface area contributed by atoms with Crippen molar-refractivity contribution in [1.82, 2.24) is 29.9 Å². The molecule has 3 aliphatic rings. The van der Waals surface area contributed by atoms with Crippen LogP contribution in [0.25, 0.3) is 0 Å². The molecule has 1 aromatic heterocycles. The van der Waals surface area contributed by atoms with Gasteiger partial charge in [0.05, 0.1) is 12.5 Å². The lowest BCUT2D eigenvalue weighted by Gasteiger charge is -2.43. The van der Waals surface area contributed by atoms with Crippen LogP contribution < -0.4 is 5.32 Å². The molecule has 2 fully saturated rings. The second-order valence-corrected chi connectivity index (χ2v) is 9.80. The van der Waals surface area contributed by atoms with E-state index in [9.17, 15) is 9.59 Å². The third-order valence-electron chi connectivity index (χ3n) is 7.49. The Balaban J connectivity index is 1.24. The highest BCUT2D eigenvalue weighted by Gasteiger charge is 2.38. The van der Waals surface area contributed by atoms with Gasteiger partial charge in [0.1, 0.15) is 0 Å². The number of fused-ring (bicyclic) bond motifs is 3.